The number of hydrogen-bond acceptors (Lipinski definition) is 5. The largest absolute Gasteiger partial charge is 0.462 e. The summed E-state index contributed by atoms with van der Waals surface area (Å²) >= 11 is 0. The van der Waals surface area contributed by atoms with Crippen LogP contribution in [0.1, 0.15) is 438 Å². The Bertz CT molecular complexity index is 1570. The number of carbonyl (C=O) groups is 2. The SMILES string of the molecule is CC/C=C\C/C=C\C/C=C\C/C=C\C/C=C\C/C=C\CCCCCCCCCCCCCCCCCCCCCCC(=O)OC(CO)COC(=O)CCCCCCCCCCCCCCCCCCCCCCCCCCCCCCCCCCCCCCC. The molecule has 0 spiro atoms. The molecule has 0 fully saturated rings. The molecule has 0 rings (SSSR count). The van der Waals surface area contributed by atoms with Crippen molar-refractivity contribution in [2.75, 3.05) is 13.2 Å². The van der Waals surface area contributed by atoms with Gasteiger partial charge in [-0.05, 0) is 64.2 Å². The quantitative estimate of drug-likeness (QED) is 0.0373. The molecule has 0 aliphatic carbocycles. The summed E-state index contributed by atoms with van der Waals surface area (Å²) in [6, 6.07) is 0. The van der Waals surface area contributed by atoms with E-state index in [9.17, 15) is 14.7 Å². The molecule has 1 unspecified atom stereocenters. The Morgan fingerprint density at radius 3 is 0.722 bits per heavy atom. The van der Waals surface area contributed by atoms with E-state index in [0.717, 1.165) is 70.6 Å². The van der Waals surface area contributed by atoms with Crippen molar-refractivity contribution in [2.45, 2.75) is 444 Å². The third kappa shape index (κ3) is 77.8. The molecule has 0 bridgehead atoms. The molecule has 0 aliphatic heterocycles. The summed E-state index contributed by atoms with van der Waals surface area (Å²) in [5.74, 6) is -0.565. The number of carbonyl (C=O) groups excluding carboxylic acids is 2. The molecular weight excluding hydrogens is 1100 g/mol. The van der Waals surface area contributed by atoms with Crippen molar-refractivity contribution < 1.29 is 24.2 Å². The lowest BCUT2D eigenvalue weighted by atomic mass is 10.0. The zero-order valence-electron chi connectivity index (χ0n) is 60.7. The second-order valence-electron chi connectivity index (χ2n) is 27.5. The van der Waals surface area contributed by atoms with Gasteiger partial charge in [-0.25, -0.2) is 0 Å². The summed E-state index contributed by atoms with van der Waals surface area (Å²) in [5, 5.41) is 9.73. The number of esters is 2. The van der Waals surface area contributed by atoms with E-state index in [4.69, 9.17) is 9.47 Å². The van der Waals surface area contributed by atoms with Crippen LogP contribution in [-0.2, 0) is 19.1 Å². The number of aliphatic hydroxyl groups is 1. The first-order valence-electron chi connectivity index (χ1n) is 40.5. The monoisotopic (exact) mass is 1260 g/mol. The molecule has 0 heterocycles. The van der Waals surface area contributed by atoms with Crippen LogP contribution in [-0.4, -0.2) is 36.4 Å². The Labute approximate surface area is 563 Å². The summed E-state index contributed by atoms with van der Waals surface area (Å²) in [4.78, 5) is 24.7. The lowest BCUT2D eigenvalue weighted by Gasteiger charge is -2.15. The van der Waals surface area contributed by atoms with Crippen molar-refractivity contribution in [1.29, 1.82) is 0 Å². The fourth-order valence-electron chi connectivity index (χ4n) is 12.5. The number of unbranched alkanes of at least 4 members (excludes halogenated alkanes) is 56. The summed E-state index contributed by atoms with van der Waals surface area (Å²) < 4.78 is 10.8. The average Bonchev–Trinajstić information content (AvgIpc) is 3.59. The van der Waals surface area contributed by atoms with Gasteiger partial charge in [0.05, 0.1) is 6.61 Å². The third-order valence-corrected chi connectivity index (χ3v) is 18.5. The maximum Gasteiger partial charge on any atom is 0.306 e. The van der Waals surface area contributed by atoms with E-state index >= 15 is 0 Å². The average molecular weight is 1260 g/mol. The van der Waals surface area contributed by atoms with Gasteiger partial charge < -0.3 is 14.6 Å². The molecule has 0 radical (unpaired) electrons. The first-order chi connectivity index (χ1) is 44.6. The number of hydrogen-bond donors (Lipinski definition) is 1. The maximum atomic E-state index is 12.4. The molecule has 0 aromatic carbocycles. The molecule has 0 saturated heterocycles. The molecule has 5 nitrogen and oxygen atoms in total. The van der Waals surface area contributed by atoms with Gasteiger partial charge in [0.2, 0.25) is 0 Å². The Hall–Kier alpha value is -2.66. The highest BCUT2D eigenvalue weighted by molar-refractivity contribution is 5.70. The molecule has 0 saturated carbocycles. The number of aliphatic hydroxyl groups excluding tert-OH is 1. The van der Waals surface area contributed by atoms with Crippen molar-refractivity contribution in [3.8, 4) is 0 Å². The van der Waals surface area contributed by atoms with Crippen molar-refractivity contribution in [3.05, 3.63) is 72.9 Å². The molecule has 0 amide bonds. The van der Waals surface area contributed by atoms with E-state index < -0.39 is 6.10 Å². The third-order valence-electron chi connectivity index (χ3n) is 18.5. The topological polar surface area (TPSA) is 72.8 Å². The van der Waals surface area contributed by atoms with Crippen molar-refractivity contribution in [2.24, 2.45) is 0 Å². The molecule has 5 heteroatoms. The summed E-state index contributed by atoms with van der Waals surface area (Å²) in [6.45, 7) is 4.09. The van der Waals surface area contributed by atoms with E-state index in [1.807, 2.05) is 0 Å². The number of allylic oxidation sites excluding steroid dienone is 12. The normalized spacial score (nSPS) is 12.5. The zero-order chi connectivity index (χ0) is 64.7. The van der Waals surface area contributed by atoms with Gasteiger partial charge in [0, 0.05) is 12.8 Å². The predicted molar refractivity (Wildman–Crippen MR) is 399 cm³/mol. The van der Waals surface area contributed by atoms with Crippen LogP contribution in [0.25, 0.3) is 0 Å². The second kappa shape index (κ2) is 80.6. The van der Waals surface area contributed by atoms with Crippen LogP contribution in [0.15, 0.2) is 72.9 Å². The molecule has 0 aliphatic rings. The van der Waals surface area contributed by atoms with Gasteiger partial charge in [0.15, 0.2) is 6.10 Å². The maximum absolute atomic E-state index is 12.4. The molecule has 1 atom stereocenters. The standard InChI is InChI=1S/C85H156O5/c1-3-5-7-9-11-13-15-17-19-21-23-25-27-29-31-33-35-37-39-41-42-44-46-48-50-52-54-56-58-60-62-64-66-68-70-72-74-76-78-80-85(88)90-83(81-86)82-89-84(87)79-77-75-73-71-69-67-65-63-61-59-57-55-53-51-49-47-45-43-40-38-36-34-32-30-28-26-24-22-20-18-16-14-12-10-8-6-4-2/h5,7,11,13,17,19,23,25,29,31,35,37,83,86H,3-4,6,8-10,12,14-16,18,20-22,24,26-28,30,32-34,36,38-82H2,1-2H3/b7-5-,13-11-,19-17-,25-23-,31-29-,37-35-. The molecule has 526 valence electrons. The van der Waals surface area contributed by atoms with Gasteiger partial charge in [-0.1, -0.05) is 433 Å². The second-order valence-corrected chi connectivity index (χ2v) is 27.5. The number of rotatable bonds is 76. The summed E-state index contributed by atoms with van der Waals surface area (Å²) in [5.41, 5.74) is 0. The summed E-state index contributed by atoms with van der Waals surface area (Å²) in [6.07, 6.45) is 113. The van der Waals surface area contributed by atoms with E-state index in [1.54, 1.807) is 0 Å². The Morgan fingerprint density at radius 1 is 0.267 bits per heavy atom. The van der Waals surface area contributed by atoms with Crippen LogP contribution in [0.3, 0.4) is 0 Å². The van der Waals surface area contributed by atoms with Crippen LogP contribution >= 0.6 is 0 Å². The first-order valence-corrected chi connectivity index (χ1v) is 40.5. The van der Waals surface area contributed by atoms with E-state index in [0.29, 0.717) is 12.8 Å². The molecular formula is C85H156O5. The van der Waals surface area contributed by atoms with Crippen molar-refractivity contribution >= 4 is 11.9 Å². The van der Waals surface area contributed by atoms with Crippen LogP contribution < -0.4 is 0 Å². The van der Waals surface area contributed by atoms with Crippen molar-refractivity contribution in [3.63, 3.8) is 0 Å². The van der Waals surface area contributed by atoms with Crippen LogP contribution in [0.4, 0.5) is 0 Å². The lowest BCUT2D eigenvalue weighted by molar-refractivity contribution is -0.161. The zero-order valence-corrected chi connectivity index (χ0v) is 60.7. The minimum absolute atomic E-state index is 0.0603. The minimum atomic E-state index is -0.772. The van der Waals surface area contributed by atoms with Gasteiger partial charge in [0.25, 0.3) is 0 Å². The van der Waals surface area contributed by atoms with Gasteiger partial charge in [0.1, 0.15) is 6.61 Å². The Balaban J connectivity index is 3.38. The minimum Gasteiger partial charge on any atom is -0.462 e. The van der Waals surface area contributed by atoms with Gasteiger partial charge >= 0.3 is 11.9 Å². The Morgan fingerprint density at radius 2 is 0.478 bits per heavy atom. The van der Waals surface area contributed by atoms with E-state index in [2.05, 4.69) is 86.8 Å². The lowest BCUT2D eigenvalue weighted by Crippen LogP contribution is -2.28. The fraction of sp³-hybridized carbons (Fsp3) is 0.835. The van der Waals surface area contributed by atoms with E-state index in [1.165, 1.54) is 340 Å². The molecule has 1 N–H and O–H groups in total. The van der Waals surface area contributed by atoms with Crippen LogP contribution in [0.2, 0.25) is 0 Å². The van der Waals surface area contributed by atoms with E-state index in [-0.39, 0.29) is 25.2 Å². The summed E-state index contributed by atoms with van der Waals surface area (Å²) in [7, 11) is 0. The van der Waals surface area contributed by atoms with Gasteiger partial charge in [-0.15, -0.1) is 0 Å². The van der Waals surface area contributed by atoms with Gasteiger partial charge in [-0.2, -0.15) is 0 Å². The molecule has 0 aromatic heterocycles. The number of ether oxygens (including phenoxy) is 2. The predicted octanol–water partition coefficient (Wildman–Crippen LogP) is 28.6. The fourth-order valence-corrected chi connectivity index (χ4v) is 12.5. The highest BCUT2D eigenvalue weighted by Crippen LogP contribution is 2.20. The van der Waals surface area contributed by atoms with Crippen molar-refractivity contribution in [1.82, 2.24) is 0 Å². The smallest absolute Gasteiger partial charge is 0.306 e. The highest BCUT2D eigenvalue weighted by Gasteiger charge is 2.16. The van der Waals surface area contributed by atoms with Gasteiger partial charge in [-0.3, -0.25) is 9.59 Å². The first kappa shape index (κ1) is 87.3. The molecule has 0 aromatic rings. The van der Waals surface area contributed by atoms with Crippen LogP contribution in [0.5, 0.6) is 0 Å². The van der Waals surface area contributed by atoms with Crippen LogP contribution in [0, 0.1) is 0 Å². The molecule has 90 heavy (non-hydrogen) atoms. The highest BCUT2D eigenvalue weighted by atomic mass is 16.6. The Kier molecular flexibility index (Phi) is 78.2.